The number of rotatable bonds is 6. The molecular weight excluding hydrogens is 278 g/mol. The van der Waals surface area contributed by atoms with Gasteiger partial charge in [-0.1, -0.05) is 12.2 Å². The maximum Gasteiger partial charge on any atom is 0.0890 e. The van der Waals surface area contributed by atoms with Crippen molar-refractivity contribution in [3.8, 4) is 0 Å². The largest absolute Gasteiger partial charge is 0.379 e. The lowest BCUT2D eigenvalue weighted by Crippen LogP contribution is -2.40. The predicted octanol–water partition coefficient (Wildman–Crippen LogP) is 2.39. The van der Waals surface area contributed by atoms with Gasteiger partial charge >= 0.3 is 0 Å². The molecule has 0 atom stereocenters. The highest BCUT2D eigenvalue weighted by Gasteiger charge is 2.26. The van der Waals surface area contributed by atoms with Gasteiger partial charge in [0.25, 0.3) is 0 Å². The molecule has 22 heavy (non-hydrogen) atoms. The van der Waals surface area contributed by atoms with Crippen LogP contribution < -0.4 is 0 Å². The van der Waals surface area contributed by atoms with E-state index in [2.05, 4.69) is 36.6 Å². The van der Waals surface area contributed by atoms with E-state index in [9.17, 15) is 0 Å². The second-order valence-corrected chi connectivity index (χ2v) is 5.93. The van der Waals surface area contributed by atoms with Gasteiger partial charge in [0.15, 0.2) is 0 Å². The fraction of sp³-hybridized carbons (Fsp3) is 0.588. The summed E-state index contributed by atoms with van der Waals surface area (Å²) >= 11 is 0. The first kappa shape index (κ1) is 16.9. The number of ether oxygens (including phenoxy) is 2. The molecule has 122 valence electrons. The van der Waals surface area contributed by atoms with Crippen LogP contribution in [0.25, 0.3) is 0 Å². The van der Waals surface area contributed by atoms with Gasteiger partial charge in [0.2, 0.25) is 0 Å². The Morgan fingerprint density at radius 2 is 2.09 bits per heavy atom. The summed E-state index contributed by atoms with van der Waals surface area (Å²) in [7, 11) is 0. The molecule has 0 saturated carbocycles. The van der Waals surface area contributed by atoms with E-state index in [1.165, 1.54) is 0 Å². The lowest BCUT2D eigenvalue weighted by Gasteiger charge is -2.32. The van der Waals surface area contributed by atoms with E-state index in [-0.39, 0.29) is 5.60 Å². The normalized spacial score (nSPS) is 22.0. The van der Waals surface area contributed by atoms with Crippen LogP contribution in [0, 0.1) is 0 Å². The molecule has 5 nitrogen and oxygen atoms in total. The first-order valence-electron chi connectivity index (χ1n) is 7.83. The SMILES string of the molecule is C=NN1C=C(C(C)(C)OCCN2CCOCC2)C=C/C1=C/C. The number of nitrogens with zero attached hydrogens (tertiary/aromatic N) is 3. The molecule has 0 radical (unpaired) electrons. The van der Waals surface area contributed by atoms with E-state index < -0.39 is 0 Å². The van der Waals surface area contributed by atoms with Crippen molar-refractivity contribution in [3.05, 3.63) is 35.7 Å². The summed E-state index contributed by atoms with van der Waals surface area (Å²) in [5, 5.41) is 5.81. The number of hydrazone groups is 1. The molecule has 1 saturated heterocycles. The van der Waals surface area contributed by atoms with Gasteiger partial charge in [-0.05, 0) is 26.8 Å². The highest BCUT2D eigenvalue weighted by atomic mass is 16.5. The number of hydrogen-bond acceptors (Lipinski definition) is 5. The number of morpholine rings is 1. The zero-order chi connectivity index (χ0) is 16.0. The van der Waals surface area contributed by atoms with E-state index in [0.717, 1.165) is 44.1 Å². The Bertz CT molecular complexity index is 474. The van der Waals surface area contributed by atoms with Crippen molar-refractivity contribution in [2.75, 3.05) is 39.5 Å². The van der Waals surface area contributed by atoms with Gasteiger partial charge < -0.3 is 9.47 Å². The Kier molecular flexibility index (Phi) is 5.94. The summed E-state index contributed by atoms with van der Waals surface area (Å²) in [6.45, 7) is 15.1. The topological polar surface area (TPSA) is 37.3 Å². The van der Waals surface area contributed by atoms with E-state index in [1.54, 1.807) is 5.01 Å². The Hall–Kier alpha value is -1.43. The second kappa shape index (κ2) is 7.72. The Morgan fingerprint density at radius 3 is 2.73 bits per heavy atom. The van der Waals surface area contributed by atoms with E-state index in [0.29, 0.717) is 6.61 Å². The van der Waals surface area contributed by atoms with E-state index in [1.807, 2.05) is 25.3 Å². The van der Waals surface area contributed by atoms with Gasteiger partial charge in [0.05, 0.1) is 31.1 Å². The molecule has 0 unspecified atom stereocenters. The molecule has 0 aromatic carbocycles. The quantitative estimate of drug-likeness (QED) is 0.706. The lowest BCUT2D eigenvalue weighted by atomic mass is 9.96. The Balaban J connectivity index is 1.90. The third kappa shape index (κ3) is 4.29. The van der Waals surface area contributed by atoms with E-state index in [4.69, 9.17) is 9.47 Å². The first-order chi connectivity index (χ1) is 10.6. The van der Waals surface area contributed by atoms with Crippen molar-refractivity contribution in [2.45, 2.75) is 26.4 Å². The van der Waals surface area contributed by atoms with Gasteiger partial charge in [-0.15, -0.1) is 0 Å². The first-order valence-corrected chi connectivity index (χ1v) is 7.83. The molecular formula is C17H27N3O2. The summed E-state index contributed by atoms with van der Waals surface area (Å²) in [4.78, 5) is 2.38. The highest BCUT2D eigenvalue weighted by molar-refractivity contribution is 5.39. The summed E-state index contributed by atoms with van der Waals surface area (Å²) in [6, 6.07) is 0. The van der Waals surface area contributed by atoms with Crippen LogP contribution in [0.4, 0.5) is 0 Å². The second-order valence-electron chi connectivity index (χ2n) is 5.93. The maximum atomic E-state index is 6.12. The Morgan fingerprint density at radius 1 is 1.36 bits per heavy atom. The minimum absolute atomic E-state index is 0.356. The van der Waals surface area contributed by atoms with Gasteiger partial charge in [0, 0.05) is 38.1 Å². The van der Waals surface area contributed by atoms with E-state index >= 15 is 0 Å². The highest BCUT2D eigenvalue weighted by Crippen LogP contribution is 2.27. The molecule has 2 aliphatic heterocycles. The molecule has 0 amide bonds. The number of hydrogen-bond donors (Lipinski definition) is 0. The standard InChI is InChI=1S/C17H27N3O2/c1-5-16-7-6-15(14-20(16)18-4)17(2,3)22-13-10-19-8-11-21-12-9-19/h5-7,14H,4,8-13H2,1-3H3/b16-5-. The predicted molar refractivity (Wildman–Crippen MR) is 89.7 cm³/mol. The molecule has 1 fully saturated rings. The van der Waals surface area contributed by atoms with Gasteiger partial charge in [-0.25, -0.2) is 5.01 Å². The summed E-state index contributed by atoms with van der Waals surface area (Å²) in [5.41, 5.74) is 1.75. The molecule has 2 heterocycles. The fourth-order valence-electron chi connectivity index (χ4n) is 2.55. The Labute approximate surface area is 133 Å². The van der Waals surface area contributed by atoms with Crippen LogP contribution in [0.1, 0.15) is 20.8 Å². The van der Waals surface area contributed by atoms with Crippen LogP contribution in [0.2, 0.25) is 0 Å². The van der Waals surface area contributed by atoms with Gasteiger partial charge in [-0.2, -0.15) is 5.10 Å². The third-order valence-electron chi connectivity index (χ3n) is 4.08. The average molecular weight is 305 g/mol. The van der Waals surface area contributed by atoms with Crippen molar-refractivity contribution in [1.82, 2.24) is 9.91 Å². The molecule has 2 aliphatic rings. The van der Waals surface area contributed by atoms with Crippen molar-refractivity contribution in [3.63, 3.8) is 0 Å². The van der Waals surface area contributed by atoms with Crippen LogP contribution in [-0.2, 0) is 9.47 Å². The molecule has 0 aromatic heterocycles. The van der Waals surface area contributed by atoms with Crippen LogP contribution >= 0.6 is 0 Å². The van der Waals surface area contributed by atoms with Crippen LogP contribution in [0.3, 0.4) is 0 Å². The van der Waals surface area contributed by atoms with Crippen molar-refractivity contribution in [1.29, 1.82) is 0 Å². The van der Waals surface area contributed by atoms with Gasteiger partial charge in [0.1, 0.15) is 0 Å². The van der Waals surface area contributed by atoms with Crippen molar-refractivity contribution < 1.29 is 9.47 Å². The van der Waals surface area contributed by atoms with Gasteiger partial charge in [-0.3, -0.25) is 4.90 Å². The van der Waals surface area contributed by atoms with Crippen molar-refractivity contribution in [2.24, 2.45) is 5.10 Å². The average Bonchev–Trinajstić information content (AvgIpc) is 2.55. The third-order valence-corrected chi connectivity index (χ3v) is 4.08. The monoisotopic (exact) mass is 305 g/mol. The molecule has 0 bridgehead atoms. The smallest absolute Gasteiger partial charge is 0.0890 e. The molecule has 5 heteroatoms. The minimum atomic E-state index is -0.356. The maximum absolute atomic E-state index is 6.12. The summed E-state index contributed by atoms with van der Waals surface area (Å²) in [5.74, 6) is 0. The fourth-order valence-corrected chi connectivity index (χ4v) is 2.55. The minimum Gasteiger partial charge on any atom is -0.379 e. The zero-order valence-electron chi connectivity index (χ0n) is 13.9. The molecule has 0 aliphatic carbocycles. The molecule has 0 spiro atoms. The molecule has 2 rings (SSSR count). The molecule has 0 N–H and O–H groups in total. The van der Waals surface area contributed by atoms with Crippen LogP contribution in [0.5, 0.6) is 0 Å². The lowest BCUT2D eigenvalue weighted by molar-refractivity contribution is -0.0188. The van der Waals surface area contributed by atoms with Crippen molar-refractivity contribution >= 4 is 6.72 Å². The summed E-state index contributed by atoms with van der Waals surface area (Å²) < 4.78 is 11.5. The number of allylic oxidation sites excluding steroid dienone is 2. The summed E-state index contributed by atoms with van der Waals surface area (Å²) in [6.07, 6.45) is 8.12. The zero-order valence-corrected chi connectivity index (χ0v) is 13.9. The van der Waals surface area contributed by atoms with Crippen LogP contribution in [0.15, 0.2) is 40.8 Å². The van der Waals surface area contributed by atoms with Crippen LogP contribution in [-0.4, -0.2) is 61.7 Å². The molecule has 0 aromatic rings.